The lowest BCUT2D eigenvalue weighted by molar-refractivity contribution is -0.564. The highest BCUT2D eigenvalue weighted by atomic mass is 79.9. The average Bonchev–Trinajstić information content (AvgIpc) is 2.45. The Kier molecular flexibility index (Phi) is 10.1. The average molecular weight is 547 g/mol. The van der Waals surface area contributed by atoms with E-state index in [1.165, 1.54) is 0 Å². The summed E-state index contributed by atoms with van der Waals surface area (Å²) in [6.07, 6.45) is -38.3. The van der Waals surface area contributed by atoms with Crippen molar-refractivity contribution in [2.75, 3.05) is 18.5 Å². The molecule has 0 saturated carbocycles. The van der Waals surface area contributed by atoms with Crippen molar-refractivity contribution in [1.82, 2.24) is 0 Å². The molecule has 0 aliphatic heterocycles. The van der Waals surface area contributed by atoms with Crippen LogP contribution in [0.5, 0.6) is 0 Å². The van der Waals surface area contributed by atoms with Crippen LogP contribution < -0.4 is 0 Å². The van der Waals surface area contributed by atoms with E-state index in [1.54, 1.807) is 9.47 Å². The van der Waals surface area contributed by atoms with E-state index >= 15 is 0 Å². The number of hydrogen-bond donors (Lipinski definition) is 0. The fourth-order valence-corrected chi connectivity index (χ4v) is 1.82. The van der Waals surface area contributed by atoms with E-state index in [2.05, 4.69) is 25.4 Å². The van der Waals surface area contributed by atoms with Crippen LogP contribution in [-0.4, -0.2) is 55.4 Å². The van der Waals surface area contributed by atoms with Gasteiger partial charge in [0.05, 0.1) is 0 Å². The third-order valence-electron chi connectivity index (χ3n) is 2.65. The maximum Gasteiger partial charge on any atom is 0.527 e. The highest BCUT2D eigenvalue weighted by Crippen LogP contribution is 2.48. The van der Waals surface area contributed by atoms with Gasteiger partial charge in [-0.25, -0.2) is 14.2 Å². The molecule has 18 heteroatoms. The molecule has 0 fully saturated rings. The third kappa shape index (κ3) is 9.69. The lowest BCUT2D eigenvalue weighted by Crippen LogP contribution is -2.57. The maximum absolute atomic E-state index is 13.2. The maximum atomic E-state index is 13.2. The van der Waals surface area contributed by atoms with Gasteiger partial charge in [-0.1, -0.05) is 22.4 Å². The molecule has 0 spiro atoms. The van der Waals surface area contributed by atoms with Crippen LogP contribution in [0.15, 0.2) is 0 Å². The summed E-state index contributed by atoms with van der Waals surface area (Å²) < 4.78 is 175. The number of halogens is 14. The van der Waals surface area contributed by atoms with Gasteiger partial charge >= 0.3 is 36.9 Å². The molecule has 0 rings (SSSR count). The zero-order chi connectivity index (χ0) is 24.1. The monoisotopic (exact) mass is 546 g/mol. The zero-order valence-corrected chi connectivity index (χ0v) is 15.8. The van der Waals surface area contributed by atoms with Crippen LogP contribution in [0.2, 0.25) is 0 Å². The van der Waals surface area contributed by atoms with Crippen LogP contribution in [0, 0.1) is 0 Å². The molecule has 0 N–H and O–H groups in total. The Labute approximate surface area is 167 Å². The molecule has 0 aromatic heterocycles. The summed E-state index contributed by atoms with van der Waals surface area (Å²) >= 11 is 3.04. The van der Waals surface area contributed by atoms with Gasteiger partial charge in [0, 0.05) is 11.9 Å². The molecule has 0 amide bonds. The highest BCUT2D eigenvalue weighted by molar-refractivity contribution is 9.09. The minimum absolute atomic E-state index is 0.137. The summed E-state index contributed by atoms with van der Waals surface area (Å²) in [5.41, 5.74) is 0. The molecule has 0 aromatic rings. The van der Waals surface area contributed by atoms with Gasteiger partial charge in [0.2, 0.25) is 0 Å². The van der Waals surface area contributed by atoms with Gasteiger partial charge in [-0.05, 0) is 12.8 Å². The first kappa shape index (κ1) is 29.4. The SMILES string of the molecule is FC(F)(F)OC(F)(F)C(F)(F)OC(F)(F)C(F)(F)OC(F)(F)COCCCCCBr. The van der Waals surface area contributed by atoms with Crippen molar-refractivity contribution in [1.29, 1.82) is 0 Å². The molecule has 182 valence electrons. The topological polar surface area (TPSA) is 36.9 Å². The molecule has 0 unspecified atom stereocenters. The van der Waals surface area contributed by atoms with Gasteiger partial charge < -0.3 is 4.74 Å². The predicted molar refractivity (Wildman–Crippen MR) is 72.5 cm³/mol. The Morgan fingerprint density at radius 1 is 0.533 bits per heavy atom. The van der Waals surface area contributed by atoms with Crippen molar-refractivity contribution in [2.24, 2.45) is 0 Å². The number of hydrogen-bond acceptors (Lipinski definition) is 4. The van der Waals surface area contributed by atoms with Crippen molar-refractivity contribution in [3.63, 3.8) is 0 Å². The molecule has 30 heavy (non-hydrogen) atoms. The number of ether oxygens (including phenoxy) is 4. The van der Waals surface area contributed by atoms with Gasteiger partial charge in [-0.2, -0.15) is 43.9 Å². The van der Waals surface area contributed by atoms with Gasteiger partial charge in [0.1, 0.15) is 6.61 Å². The van der Waals surface area contributed by atoms with Gasteiger partial charge in [-0.3, -0.25) is 0 Å². The molecule has 0 heterocycles. The summed E-state index contributed by atoms with van der Waals surface area (Å²) in [4.78, 5) is 0. The van der Waals surface area contributed by atoms with Gasteiger partial charge in [-0.15, -0.1) is 13.2 Å². The summed E-state index contributed by atoms with van der Waals surface area (Å²) in [5.74, 6) is 0. The normalized spacial score (nSPS) is 15.0. The second-order valence-corrected chi connectivity index (χ2v) is 6.05. The van der Waals surface area contributed by atoms with Gasteiger partial charge in [0.15, 0.2) is 0 Å². The van der Waals surface area contributed by atoms with E-state index in [0.29, 0.717) is 18.2 Å². The second-order valence-electron chi connectivity index (χ2n) is 5.26. The first-order chi connectivity index (χ1) is 13.2. The first-order valence-electron chi connectivity index (χ1n) is 7.38. The van der Waals surface area contributed by atoms with Crippen molar-refractivity contribution in [3.05, 3.63) is 0 Å². The van der Waals surface area contributed by atoms with Crippen LogP contribution in [0.1, 0.15) is 19.3 Å². The van der Waals surface area contributed by atoms with E-state index in [1.807, 2.05) is 0 Å². The molecule has 0 atom stereocenters. The van der Waals surface area contributed by atoms with Crippen molar-refractivity contribution in [2.45, 2.75) is 56.2 Å². The molecular weight excluding hydrogens is 535 g/mol. The Morgan fingerprint density at radius 2 is 0.967 bits per heavy atom. The lowest BCUT2D eigenvalue weighted by atomic mass is 10.3. The first-order valence-corrected chi connectivity index (χ1v) is 8.50. The van der Waals surface area contributed by atoms with Crippen molar-refractivity contribution in [3.8, 4) is 0 Å². The Balaban J connectivity index is 5.10. The highest BCUT2D eigenvalue weighted by Gasteiger charge is 2.74. The van der Waals surface area contributed by atoms with E-state index in [0.717, 1.165) is 0 Å². The van der Waals surface area contributed by atoms with E-state index < -0.39 is 50.1 Å². The van der Waals surface area contributed by atoms with Gasteiger partial charge in [0.25, 0.3) is 0 Å². The third-order valence-corrected chi connectivity index (χ3v) is 3.21. The second kappa shape index (κ2) is 10.4. The number of rotatable bonds is 14. The van der Waals surface area contributed by atoms with E-state index in [9.17, 15) is 57.1 Å². The standard InChI is InChI=1S/C12H12BrF13O4/c13-4-2-1-3-5-27-6-7(14,15)28-8(16,17)9(18,19)29-10(20,21)11(22,23)30-12(24,25)26/h1-6H2. The summed E-state index contributed by atoms with van der Waals surface area (Å²) in [7, 11) is 0. The minimum atomic E-state index is -7.06. The van der Waals surface area contributed by atoms with Crippen molar-refractivity contribution < 1.29 is 76.0 Å². The smallest absolute Gasteiger partial charge is 0.372 e. The summed E-state index contributed by atoms with van der Waals surface area (Å²) in [5, 5.41) is 0.547. The fourth-order valence-electron chi connectivity index (χ4n) is 1.43. The van der Waals surface area contributed by atoms with Crippen LogP contribution in [0.3, 0.4) is 0 Å². The molecule has 0 aliphatic carbocycles. The Morgan fingerprint density at radius 3 is 1.40 bits per heavy atom. The molecule has 0 radical (unpaired) electrons. The predicted octanol–water partition coefficient (Wildman–Crippen LogP) is 6.10. The zero-order valence-electron chi connectivity index (χ0n) is 14.2. The van der Waals surface area contributed by atoms with E-state index in [4.69, 9.17) is 0 Å². The summed E-state index contributed by atoms with van der Waals surface area (Å²) in [6.45, 7) is -2.54. The minimum Gasteiger partial charge on any atom is -0.372 e. The Hall–Kier alpha value is -0.590. The molecule has 0 aromatic carbocycles. The van der Waals surface area contributed by atoms with Crippen LogP contribution in [-0.2, 0) is 18.9 Å². The lowest BCUT2D eigenvalue weighted by Gasteiger charge is -2.33. The fraction of sp³-hybridized carbons (Fsp3) is 1.00. The van der Waals surface area contributed by atoms with E-state index in [-0.39, 0.29) is 6.42 Å². The van der Waals surface area contributed by atoms with Crippen LogP contribution in [0.25, 0.3) is 0 Å². The van der Waals surface area contributed by atoms with Crippen LogP contribution >= 0.6 is 15.9 Å². The molecule has 4 nitrogen and oxygen atoms in total. The van der Waals surface area contributed by atoms with Crippen LogP contribution in [0.4, 0.5) is 57.1 Å². The molecule has 0 bridgehead atoms. The molecule has 0 aliphatic rings. The number of unbranched alkanes of at least 4 members (excludes halogenated alkanes) is 2. The molecular formula is C12H12BrF13O4. The summed E-state index contributed by atoms with van der Waals surface area (Å²) in [6, 6.07) is 0. The van der Waals surface area contributed by atoms with Crippen molar-refractivity contribution >= 4 is 15.9 Å². The number of alkyl halides is 14. The Bertz CT molecular complexity index is 527. The largest absolute Gasteiger partial charge is 0.527 e. The molecule has 0 saturated heterocycles. The quantitative estimate of drug-likeness (QED) is 0.150.